The first kappa shape index (κ1) is 16.9. The zero-order valence-electron chi connectivity index (χ0n) is 13.9. The fourth-order valence-corrected chi connectivity index (χ4v) is 3.21. The van der Waals surface area contributed by atoms with E-state index in [0.29, 0.717) is 31.4 Å². The molecule has 1 aromatic rings. The first-order valence-corrected chi connectivity index (χ1v) is 8.22. The number of fused-ring (bicyclic) bond motifs is 1. The van der Waals surface area contributed by atoms with Crippen LogP contribution < -0.4 is 5.32 Å². The second-order valence-corrected chi connectivity index (χ2v) is 6.25. The molecule has 128 valence electrons. The SMILES string of the molecule is Cc1cc(C#CCCC=O)c2c(c1)C(=O)N(C1CCC(=O)NC1=O)C2. The van der Waals surface area contributed by atoms with Gasteiger partial charge in [-0.05, 0) is 36.6 Å². The maximum atomic E-state index is 12.8. The number of imide groups is 1. The Kier molecular flexibility index (Phi) is 4.66. The zero-order valence-corrected chi connectivity index (χ0v) is 13.9. The smallest absolute Gasteiger partial charge is 0.255 e. The van der Waals surface area contributed by atoms with E-state index in [-0.39, 0.29) is 18.2 Å². The summed E-state index contributed by atoms with van der Waals surface area (Å²) in [7, 11) is 0. The molecule has 3 rings (SSSR count). The Balaban J connectivity index is 1.89. The third-order valence-electron chi connectivity index (χ3n) is 4.41. The van der Waals surface area contributed by atoms with Crippen molar-refractivity contribution in [1.29, 1.82) is 0 Å². The van der Waals surface area contributed by atoms with Gasteiger partial charge in [0, 0.05) is 36.9 Å². The van der Waals surface area contributed by atoms with Gasteiger partial charge in [0.05, 0.1) is 0 Å². The van der Waals surface area contributed by atoms with Crippen LogP contribution >= 0.6 is 0 Å². The van der Waals surface area contributed by atoms with E-state index in [0.717, 1.165) is 23.0 Å². The van der Waals surface area contributed by atoms with E-state index in [1.807, 2.05) is 13.0 Å². The summed E-state index contributed by atoms with van der Waals surface area (Å²) in [5.41, 5.74) is 3.03. The molecular formula is C19H18N2O4. The van der Waals surface area contributed by atoms with E-state index in [4.69, 9.17) is 0 Å². The molecule has 3 amide bonds. The lowest BCUT2D eigenvalue weighted by atomic mass is 10.00. The monoisotopic (exact) mass is 338 g/mol. The van der Waals surface area contributed by atoms with Crippen molar-refractivity contribution in [2.24, 2.45) is 0 Å². The van der Waals surface area contributed by atoms with Gasteiger partial charge >= 0.3 is 0 Å². The average Bonchev–Trinajstić information content (AvgIpc) is 2.89. The summed E-state index contributed by atoms with van der Waals surface area (Å²) in [4.78, 5) is 48.1. The highest BCUT2D eigenvalue weighted by Gasteiger charge is 2.39. The van der Waals surface area contributed by atoms with Crippen molar-refractivity contribution in [1.82, 2.24) is 10.2 Å². The van der Waals surface area contributed by atoms with Gasteiger partial charge in [-0.2, -0.15) is 0 Å². The summed E-state index contributed by atoms with van der Waals surface area (Å²) in [6, 6.07) is 3.09. The lowest BCUT2D eigenvalue weighted by Crippen LogP contribution is -2.52. The van der Waals surface area contributed by atoms with Gasteiger partial charge < -0.3 is 9.69 Å². The lowest BCUT2D eigenvalue weighted by molar-refractivity contribution is -0.136. The summed E-state index contributed by atoms with van der Waals surface area (Å²) >= 11 is 0. The lowest BCUT2D eigenvalue weighted by Gasteiger charge is -2.29. The standard InChI is InChI=1S/C19H18N2O4/c1-12-9-13(5-3-2-4-8-22)15-11-21(19(25)14(15)10-12)16-6-7-17(23)20-18(16)24/h8-10,16H,2,4,6-7,11H2,1H3,(H,20,23,24). The molecule has 2 heterocycles. The van der Waals surface area contributed by atoms with E-state index < -0.39 is 11.9 Å². The number of piperidine rings is 1. The Morgan fingerprint density at radius 2 is 2.12 bits per heavy atom. The van der Waals surface area contributed by atoms with E-state index >= 15 is 0 Å². The average molecular weight is 338 g/mol. The number of unbranched alkanes of at least 4 members (excludes halogenated alkanes) is 1. The molecule has 1 saturated heterocycles. The molecule has 0 spiro atoms. The molecular weight excluding hydrogens is 320 g/mol. The van der Waals surface area contributed by atoms with Crippen LogP contribution in [-0.4, -0.2) is 34.9 Å². The number of aldehydes is 1. The van der Waals surface area contributed by atoms with E-state index in [1.54, 1.807) is 6.07 Å². The Hall–Kier alpha value is -2.94. The molecule has 0 aliphatic carbocycles. The van der Waals surface area contributed by atoms with Crippen molar-refractivity contribution >= 4 is 24.0 Å². The largest absolute Gasteiger partial charge is 0.322 e. The van der Waals surface area contributed by atoms with Crippen molar-refractivity contribution < 1.29 is 19.2 Å². The fourth-order valence-electron chi connectivity index (χ4n) is 3.21. The van der Waals surface area contributed by atoms with Crippen molar-refractivity contribution in [3.05, 3.63) is 34.4 Å². The van der Waals surface area contributed by atoms with E-state index in [9.17, 15) is 19.2 Å². The Morgan fingerprint density at radius 1 is 1.32 bits per heavy atom. The van der Waals surface area contributed by atoms with Crippen LogP contribution in [-0.2, 0) is 20.9 Å². The van der Waals surface area contributed by atoms with Gasteiger partial charge in [-0.15, -0.1) is 0 Å². The van der Waals surface area contributed by atoms with Gasteiger partial charge in [0.2, 0.25) is 11.8 Å². The number of carbonyl (C=O) groups is 4. The number of rotatable bonds is 3. The molecule has 0 bridgehead atoms. The molecule has 1 unspecified atom stereocenters. The molecule has 6 nitrogen and oxygen atoms in total. The van der Waals surface area contributed by atoms with Crippen molar-refractivity contribution in [2.45, 2.75) is 45.2 Å². The topological polar surface area (TPSA) is 83.6 Å². The quantitative estimate of drug-likeness (QED) is 0.387. The Bertz CT molecular complexity index is 832. The maximum absolute atomic E-state index is 12.8. The molecule has 2 aliphatic heterocycles. The molecule has 0 radical (unpaired) electrons. The molecule has 1 fully saturated rings. The van der Waals surface area contributed by atoms with Crippen LogP contribution in [0.4, 0.5) is 0 Å². The third kappa shape index (κ3) is 3.31. The van der Waals surface area contributed by atoms with E-state index in [1.165, 1.54) is 4.90 Å². The molecule has 1 aromatic carbocycles. The Morgan fingerprint density at radius 3 is 2.84 bits per heavy atom. The second-order valence-electron chi connectivity index (χ2n) is 6.25. The van der Waals surface area contributed by atoms with Gasteiger partial charge in [-0.3, -0.25) is 19.7 Å². The first-order chi connectivity index (χ1) is 12.0. The Labute approximate surface area is 145 Å². The van der Waals surface area contributed by atoms with Gasteiger partial charge in [0.1, 0.15) is 12.3 Å². The van der Waals surface area contributed by atoms with Crippen LogP contribution in [0.5, 0.6) is 0 Å². The van der Waals surface area contributed by atoms with Crippen molar-refractivity contribution in [2.75, 3.05) is 0 Å². The number of nitrogens with one attached hydrogen (secondary N) is 1. The maximum Gasteiger partial charge on any atom is 0.255 e. The number of aryl methyl sites for hydroxylation is 1. The number of carbonyl (C=O) groups excluding carboxylic acids is 4. The van der Waals surface area contributed by atoms with Crippen LogP contribution in [0.25, 0.3) is 0 Å². The van der Waals surface area contributed by atoms with Crippen LogP contribution in [0.3, 0.4) is 0 Å². The van der Waals surface area contributed by atoms with Gasteiger partial charge in [-0.25, -0.2) is 0 Å². The molecule has 6 heteroatoms. The minimum Gasteiger partial charge on any atom is -0.322 e. The summed E-state index contributed by atoms with van der Waals surface area (Å²) < 4.78 is 0. The van der Waals surface area contributed by atoms with Gasteiger partial charge in [0.15, 0.2) is 0 Å². The van der Waals surface area contributed by atoms with Crippen LogP contribution in [0, 0.1) is 18.8 Å². The van der Waals surface area contributed by atoms with Crippen LogP contribution in [0.1, 0.15) is 52.7 Å². The van der Waals surface area contributed by atoms with Gasteiger partial charge in [0.25, 0.3) is 5.91 Å². The highest BCUT2D eigenvalue weighted by Crippen LogP contribution is 2.30. The molecule has 1 N–H and O–H groups in total. The fraction of sp³-hybridized carbons (Fsp3) is 0.368. The summed E-state index contributed by atoms with van der Waals surface area (Å²) in [6.07, 6.45) is 2.24. The normalized spacial score (nSPS) is 19.2. The number of nitrogens with zero attached hydrogens (tertiary/aromatic N) is 1. The van der Waals surface area contributed by atoms with Gasteiger partial charge in [-0.1, -0.05) is 11.8 Å². The second kappa shape index (κ2) is 6.89. The number of hydrogen-bond donors (Lipinski definition) is 1. The highest BCUT2D eigenvalue weighted by atomic mass is 16.2. The van der Waals surface area contributed by atoms with Crippen LogP contribution in [0.15, 0.2) is 12.1 Å². The summed E-state index contributed by atoms with van der Waals surface area (Å²) in [6.45, 7) is 2.19. The molecule has 25 heavy (non-hydrogen) atoms. The summed E-state index contributed by atoms with van der Waals surface area (Å²) in [5, 5.41) is 2.30. The molecule has 1 atom stereocenters. The summed E-state index contributed by atoms with van der Waals surface area (Å²) in [5.74, 6) is 5.06. The predicted octanol–water partition coefficient (Wildman–Crippen LogP) is 1.09. The minimum absolute atomic E-state index is 0.204. The zero-order chi connectivity index (χ0) is 18.0. The number of amides is 3. The molecule has 0 saturated carbocycles. The first-order valence-electron chi connectivity index (χ1n) is 8.22. The third-order valence-corrected chi connectivity index (χ3v) is 4.41. The van der Waals surface area contributed by atoms with Crippen molar-refractivity contribution in [3.8, 4) is 11.8 Å². The minimum atomic E-state index is -0.631. The molecule has 0 aromatic heterocycles. The number of hydrogen-bond acceptors (Lipinski definition) is 4. The number of benzene rings is 1. The van der Waals surface area contributed by atoms with Crippen LogP contribution in [0.2, 0.25) is 0 Å². The highest BCUT2D eigenvalue weighted by molar-refractivity contribution is 6.05. The van der Waals surface area contributed by atoms with Crippen molar-refractivity contribution in [3.63, 3.8) is 0 Å². The predicted molar refractivity (Wildman–Crippen MR) is 89.4 cm³/mol. The molecule has 2 aliphatic rings. The van der Waals surface area contributed by atoms with E-state index in [2.05, 4.69) is 17.2 Å².